The van der Waals surface area contributed by atoms with Gasteiger partial charge in [0.15, 0.2) is 6.10 Å². The first-order valence-electron chi connectivity index (χ1n) is 22.9. The highest BCUT2D eigenvalue weighted by Crippen LogP contribution is 2.38. The van der Waals surface area contributed by atoms with Crippen molar-refractivity contribution in [2.75, 3.05) is 47.5 Å². The van der Waals surface area contributed by atoms with E-state index >= 15 is 0 Å². The fourth-order valence-corrected chi connectivity index (χ4v) is 6.25. The minimum absolute atomic E-state index is 0.0533. The van der Waals surface area contributed by atoms with E-state index in [9.17, 15) is 19.0 Å². The summed E-state index contributed by atoms with van der Waals surface area (Å²) in [7, 11) is 1.09. The summed E-state index contributed by atoms with van der Waals surface area (Å²) < 4.78 is 33.8. The molecule has 342 valence electrons. The molecule has 10 heteroatoms. The van der Waals surface area contributed by atoms with Crippen LogP contribution in [0.1, 0.15) is 155 Å². The van der Waals surface area contributed by atoms with E-state index in [-0.39, 0.29) is 26.1 Å². The average Bonchev–Trinajstić information content (AvgIpc) is 3.20. The van der Waals surface area contributed by atoms with Gasteiger partial charge in [-0.3, -0.25) is 14.2 Å². The Bertz CT molecular complexity index is 1340. The van der Waals surface area contributed by atoms with Crippen LogP contribution in [0.4, 0.5) is 0 Å². The molecule has 1 unspecified atom stereocenters. The predicted molar refractivity (Wildman–Crippen MR) is 249 cm³/mol. The van der Waals surface area contributed by atoms with E-state index in [4.69, 9.17) is 18.5 Å². The van der Waals surface area contributed by atoms with Crippen LogP contribution in [0.3, 0.4) is 0 Å². The molecule has 0 amide bonds. The van der Waals surface area contributed by atoms with Crippen LogP contribution in [0.15, 0.2) is 97.2 Å². The molecule has 0 aliphatic heterocycles. The lowest BCUT2D eigenvalue weighted by molar-refractivity contribution is -0.870. The van der Waals surface area contributed by atoms with Crippen molar-refractivity contribution in [2.45, 2.75) is 161 Å². The fraction of sp³-hybridized carbons (Fsp3) is 0.640. The molecule has 0 N–H and O–H groups in total. The standard InChI is InChI=1S/C50H84NO8P/c1-6-8-10-12-14-16-18-20-22-23-24-25-26-27-29-31-33-35-37-39-41-43-50(53)59-48(47-58-60(54,55)57-45-44-51(3,4)5)46-56-49(52)42-40-38-36-34-32-30-28-21-19-17-15-13-11-9-7-2/h9,11,15,17,21-23,25-26,28-29,31-32,34-35,37,48H,6-8,10,12-14,16,18-20,24,27,30,33,36,38-47H2,1-5H3/b11-9+,17-15+,23-22+,26-25+,28-21+,31-29+,34-32+,37-35+/t48-/m1/s1. The van der Waals surface area contributed by atoms with Gasteiger partial charge in [0.2, 0.25) is 0 Å². The Balaban J connectivity index is 4.51. The maximum absolute atomic E-state index is 12.7. The van der Waals surface area contributed by atoms with Gasteiger partial charge in [-0.1, -0.05) is 150 Å². The molecule has 0 aromatic rings. The monoisotopic (exact) mass is 858 g/mol. The molecule has 0 saturated heterocycles. The van der Waals surface area contributed by atoms with Gasteiger partial charge in [-0.2, -0.15) is 0 Å². The van der Waals surface area contributed by atoms with E-state index in [0.717, 1.165) is 57.8 Å². The zero-order chi connectivity index (χ0) is 44.3. The van der Waals surface area contributed by atoms with Crippen molar-refractivity contribution >= 4 is 19.8 Å². The second kappa shape index (κ2) is 41.3. The third-order valence-electron chi connectivity index (χ3n) is 9.09. The highest BCUT2D eigenvalue weighted by atomic mass is 31.2. The number of hydrogen-bond acceptors (Lipinski definition) is 8. The molecular weight excluding hydrogens is 774 g/mol. The summed E-state index contributed by atoms with van der Waals surface area (Å²) in [6.45, 7) is 3.97. The summed E-state index contributed by atoms with van der Waals surface area (Å²) in [5.74, 6) is -0.959. The number of hydrogen-bond donors (Lipinski definition) is 0. The largest absolute Gasteiger partial charge is 0.756 e. The van der Waals surface area contributed by atoms with Gasteiger partial charge in [-0.25, -0.2) is 0 Å². The van der Waals surface area contributed by atoms with Crippen LogP contribution in [0, 0.1) is 0 Å². The van der Waals surface area contributed by atoms with Gasteiger partial charge in [-0.15, -0.1) is 0 Å². The van der Waals surface area contributed by atoms with Crippen LogP contribution in [0.25, 0.3) is 0 Å². The maximum atomic E-state index is 12.7. The van der Waals surface area contributed by atoms with Crippen molar-refractivity contribution in [3.05, 3.63) is 97.2 Å². The summed E-state index contributed by atoms with van der Waals surface area (Å²) in [5, 5.41) is 0. The number of esters is 2. The highest BCUT2D eigenvalue weighted by molar-refractivity contribution is 7.45. The quantitative estimate of drug-likeness (QED) is 0.0197. The topological polar surface area (TPSA) is 111 Å². The van der Waals surface area contributed by atoms with Gasteiger partial charge in [0.05, 0.1) is 27.7 Å². The van der Waals surface area contributed by atoms with Crippen molar-refractivity contribution in [3.8, 4) is 0 Å². The lowest BCUT2D eigenvalue weighted by atomic mass is 10.1. The molecule has 2 atom stereocenters. The zero-order valence-corrected chi connectivity index (χ0v) is 39.3. The number of rotatable bonds is 40. The fourth-order valence-electron chi connectivity index (χ4n) is 5.52. The first-order chi connectivity index (χ1) is 29.0. The van der Waals surface area contributed by atoms with Crippen LogP contribution in [-0.4, -0.2) is 70.0 Å². The first kappa shape index (κ1) is 56.9. The van der Waals surface area contributed by atoms with Crippen molar-refractivity contribution in [1.29, 1.82) is 0 Å². The van der Waals surface area contributed by atoms with E-state index in [0.29, 0.717) is 30.3 Å². The Morgan fingerprint density at radius 2 is 0.967 bits per heavy atom. The molecule has 0 fully saturated rings. The van der Waals surface area contributed by atoms with Gasteiger partial charge in [0.25, 0.3) is 7.82 Å². The second-order valence-corrected chi connectivity index (χ2v) is 17.4. The van der Waals surface area contributed by atoms with Gasteiger partial charge in [-0.05, 0) is 89.9 Å². The molecule has 0 spiro atoms. The average molecular weight is 858 g/mol. The van der Waals surface area contributed by atoms with Crippen molar-refractivity contribution < 1.29 is 42.1 Å². The summed E-state index contributed by atoms with van der Waals surface area (Å²) in [6.07, 6.45) is 54.5. The van der Waals surface area contributed by atoms with Crippen LogP contribution in [0.2, 0.25) is 0 Å². The minimum Gasteiger partial charge on any atom is -0.756 e. The smallest absolute Gasteiger partial charge is 0.306 e. The van der Waals surface area contributed by atoms with E-state index in [1.807, 2.05) is 27.2 Å². The second-order valence-electron chi connectivity index (χ2n) is 16.0. The molecule has 0 aliphatic carbocycles. The van der Waals surface area contributed by atoms with Gasteiger partial charge in [0, 0.05) is 12.8 Å². The predicted octanol–water partition coefficient (Wildman–Crippen LogP) is 12.7. The number of phosphoric ester groups is 1. The Labute approximate surface area is 366 Å². The molecule has 0 aromatic heterocycles. The van der Waals surface area contributed by atoms with Crippen LogP contribution in [-0.2, 0) is 32.7 Å². The summed E-state index contributed by atoms with van der Waals surface area (Å²) in [4.78, 5) is 37.5. The third kappa shape index (κ3) is 44.5. The maximum Gasteiger partial charge on any atom is 0.306 e. The Hall–Kier alpha value is -3.07. The Morgan fingerprint density at radius 1 is 0.533 bits per heavy atom. The number of quaternary nitrogens is 1. The van der Waals surface area contributed by atoms with Crippen molar-refractivity contribution in [1.82, 2.24) is 0 Å². The van der Waals surface area contributed by atoms with Crippen LogP contribution in [0.5, 0.6) is 0 Å². The number of allylic oxidation sites excluding steroid dienone is 16. The van der Waals surface area contributed by atoms with Crippen molar-refractivity contribution in [2.24, 2.45) is 0 Å². The third-order valence-corrected chi connectivity index (χ3v) is 10.1. The molecule has 0 rings (SSSR count). The molecule has 0 saturated carbocycles. The number of phosphoric acid groups is 1. The Morgan fingerprint density at radius 3 is 1.47 bits per heavy atom. The van der Waals surface area contributed by atoms with E-state index < -0.39 is 32.5 Å². The van der Waals surface area contributed by atoms with Gasteiger partial charge >= 0.3 is 11.9 Å². The molecular formula is C50H84NO8P. The number of ether oxygens (including phenoxy) is 2. The SMILES string of the molecule is CC/C=C/C/C=C/C/C=C/C/C=C/CCCCC(=O)OC[C@H](COP(=O)([O-])OCC[N+](C)(C)C)OC(=O)CCC/C=C/C/C=C/C/C=C/C/C=C/CCCCCCCCC. The van der Waals surface area contributed by atoms with Gasteiger partial charge in [0.1, 0.15) is 19.8 Å². The minimum atomic E-state index is -4.66. The van der Waals surface area contributed by atoms with E-state index in [1.54, 1.807) is 0 Å². The number of carbonyl (C=O) groups is 2. The highest BCUT2D eigenvalue weighted by Gasteiger charge is 2.21. The molecule has 0 radical (unpaired) electrons. The lowest BCUT2D eigenvalue weighted by Gasteiger charge is -2.28. The Kier molecular flexibility index (Phi) is 39.2. The number of nitrogens with zero attached hydrogens (tertiary/aromatic N) is 1. The molecule has 0 aliphatic rings. The molecule has 0 aromatic carbocycles. The van der Waals surface area contributed by atoms with Crippen LogP contribution >= 0.6 is 7.82 Å². The summed E-state index contributed by atoms with van der Waals surface area (Å²) in [5.41, 5.74) is 0. The van der Waals surface area contributed by atoms with Gasteiger partial charge < -0.3 is 27.9 Å². The number of unbranched alkanes of at least 4 members (excludes halogenated alkanes) is 10. The first-order valence-corrected chi connectivity index (χ1v) is 24.4. The summed E-state index contributed by atoms with van der Waals surface area (Å²) in [6, 6.07) is 0. The molecule has 9 nitrogen and oxygen atoms in total. The molecule has 60 heavy (non-hydrogen) atoms. The number of carbonyl (C=O) groups excluding carboxylic acids is 2. The zero-order valence-electron chi connectivity index (χ0n) is 38.4. The van der Waals surface area contributed by atoms with Crippen molar-refractivity contribution in [3.63, 3.8) is 0 Å². The lowest BCUT2D eigenvalue weighted by Crippen LogP contribution is -2.37. The molecule has 0 bridgehead atoms. The number of likely N-dealkylation sites (N-methyl/N-ethyl adjacent to an activating group) is 1. The van der Waals surface area contributed by atoms with E-state index in [1.165, 1.54) is 51.4 Å². The van der Waals surface area contributed by atoms with Crippen LogP contribution < -0.4 is 4.89 Å². The molecule has 0 heterocycles. The van der Waals surface area contributed by atoms with E-state index in [2.05, 4.69) is 105 Å². The normalized spacial score (nSPS) is 14.4. The summed E-state index contributed by atoms with van der Waals surface area (Å²) >= 11 is 0.